The van der Waals surface area contributed by atoms with Gasteiger partial charge in [0.2, 0.25) is 0 Å². The Labute approximate surface area is 197 Å². The molecule has 0 spiro atoms. The molecule has 1 heterocycles. The van der Waals surface area contributed by atoms with Gasteiger partial charge in [-0.05, 0) is 52.2 Å². The maximum Gasteiger partial charge on any atom is 0.417 e. The number of fused-ring (bicyclic) bond motifs is 1. The fourth-order valence-corrected chi connectivity index (χ4v) is 3.69. The topological polar surface area (TPSA) is 46.5 Å². The summed E-state index contributed by atoms with van der Waals surface area (Å²) < 4.78 is 43.6. The zero-order valence-electron chi connectivity index (χ0n) is 16.9. The summed E-state index contributed by atoms with van der Waals surface area (Å²) in [4.78, 5) is 3.68. The van der Waals surface area contributed by atoms with E-state index in [-0.39, 0.29) is 5.82 Å². The van der Waals surface area contributed by atoms with Crippen molar-refractivity contribution >= 4 is 46.0 Å². The van der Waals surface area contributed by atoms with Gasteiger partial charge in [0.1, 0.15) is 12.4 Å². The highest BCUT2D eigenvalue weighted by Crippen LogP contribution is 2.34. The lowest BCUT2D eigenvalue weighted by molar-refractivity contribution is -0.137. The van der Waals surface area contributed by atoms with E-state index in [2.05, 4.69) is 15.5 Å². The van der Waals surface area contributed by atoms with Crippen LogP contribution in [0.1, 0.15) is 16.7 Å². The fourth-order valence-electron chi connectivity index (χ4n) is 3.08. The lowest BCUT2D eigenvalue weighted by atomic mass is 10.1. The molecule has 33 heavy (non-hydrogen) atoms. The summed E-state index contributed by atoms with van der Waals surface area (Å²) in [6.07, 6.45) is -2.29. The van der Waals surface area contributed by atoms with Gasteiger partial charge in [-0.1, -0.05) is 59.6 Å². The molecule has 0 aliphatic carbocycles. The van der Waals surface area contributed by atoms with E-state index in [4.69, 9.17) is 27.9 Å². The Morgan fingerprint density at radius 1 is 0.939 bits per heavy atom. The van der Waals surface area contributed by atoms with E-state index in [1.807, 2.05) is 42.5 Å². The van der Waals surface area contributed by atoms with Gasteiger partial charge in [0, 0.05) is 6.20 Å². The Balaban J connectivity index is 1.41. The SMILES string of the molecule is FC(F)(F)c1ccc(N/N=C\c2cc(Cl)c(OCc3ccc4ccccc4c3)c(Cl)c2)nc1. The van der Waals surface area contributed by atoms with Crippen LogP contribution in [0, 0.1) is 0 Å². The number of rotatable bonds is 6. The third-order valence-electron chi connectivity index (χ3n) is 4.70. The van der Waals surface area contributed by atoms with E-state index in [0.717, 1.165) is 28.6 Å². The van der Waals surface area contributed by atoms with Gasteiger partial charge >= 0.3 is 6.18 Å². The molecule has 0 aliphatic rings. The summed E-state index contributed by atoms with van der Waals surface area (Å²) in [5.41, 5.74) is 3.27. The van der Waals surface area contributed by atoms with Crippen LogP contribution in [0.5, 0.6) is 5.75 Å². The van der Waals surface area contributed by atoms with Gasteiger partial charge in [0.25, 0.3) is 0 Å². The number of hydrogen-bond donors (Lipinski definition) is 1. The Morgan fingerprint density at radius 3 is 2.33 bits per heavy atom. The number of nitrogens with zero attached hydrogens (tertiary/aromatic N) is 2. The van der Waals surface area contributed by atoms with Gasteiger partial charge in [0.15, 0.2) is 5.75 Å². The smallest absolute Gasteiger partial charge is 0.417 e. The van der Waals surface area contributed by atoms with Crippen LogP contribution in [0.15, 0.2) is 78.0 Å². The number of halogens is 5. The molecule has 0 aliphatic heterocycles. The molecule has 0 saturated carbocycles. The van der Waals surface area contributed by atoms with Gasteiger partial charge in [-0.3, -0.25) is 5.43 Å². The molecule has 9 heteroatoms. The highest BCUT2D eigenvalue weighted by molar-refractivity contribution is 6.37. The molecule has 0 saturated heterocycles. The number of benzene rings is 3. The maximum atomic E-state index is 12.6. The zero-order chi connectivity index (χ0) is 23.4. The van der Waals surface area contributed by atoms with Crippen LogP contribution < -0.4 is 10.2 Å². The molecule has 0 atom stereocenters. The Hall–Kier alpha value is -3.29. The summed E-state index contributed by atoms with van der Waals surface area (Å²) in [5, 5.41) is 6.82. The molecule has 4 aromatic rings. The molecule has 0 unspecified atom stereocenters. The standard InChI is InChI=1S/C24H16Cl2F3N3O/c25-20-10-16(12-31-32-22-8-7-19(13-30-22)24(27,28)29)11-21(26)23(20)33-14-15-5-6-17-3-1-2-4-18(17)9-15/h1-13H,14H2,(H,30,32)/b31-12-. The number of nitrogens with one attached hydrogen (secondary N) is 1. The summed E-state index contributed by atoms with van der Waals surface area (Å²) in [6.45, 7) is 0.291. The molecule has 168 valence electrons. The van der Waals surface area contributed by atoms with Crippen molar-refractivity contribution in [3.63, 3.8) is 0 Å². The second-order valence-corrected chi connectivity index (χ2v) is 7.90. The third-order valence-corrected chi connectivity index (χ3v) is 5.26. The molecule has 0 amide bonds. The monoisotopic (exact) mass is 489 g/mol. The minimum absolute atomic E-state index is 0.159. The summed E-state index contributed by atoms with van der Waals surface area (Å²) in [5.74, 6) is 0.507. The largest absolute Gasteiger partial charge is 0.486 e. The van der Waals surface area contributed by atoms with E-state index in [1.54, 1.807) is 12.1 Å². The summed E-state index contributed by atoms with van der Waals surface area (Å²) >= 11 is 12.7. The normalized spacial score (nSPS) is 11.8. The predicted octanol–water partition coefficient (Wildman–Crippen LogP) is 7.59. The van der Waals surface area contributed by atoms with E-state index in [1.165, 1.54) is 12.3 Å². The minimum atomic E-state index is -4.44. The van der Waals surface area contributed by atoms with Gasteiger partial charge in [0.05, 0.1) is 21.8 Å². The summed E-state index contributed by atoms with van der Waals surface area (Å²) in [6, 6.07) is 19.4. The molecule has 3 aromatic carbocycles. The quantitative estimate of drug-likeness (QED) is 0.224. The molecule has 1 N–H and O–H groups in total. The number of anilines is 1. The van der Waals surface area contributed by atoms with Gasteiger partial charge in [-0.15, -0.1) is 0 Å². The van der Waals surface area contributed by atoms with Crippen LogP contribution >= 0.6 is 23.2 Å². The first-order valence-corrected chi connectivity index (χ1v) is 10.5. The van der Waals surface area contributed by atoms with Crippen LogP contribution in [0.3, 0.4) is 0 Å². The second kappa shape index (κ2) is 9.68. The van der Waals surface area contributed by atoms with Crippen molar-refractivity contribution in [3.8, 4) is 5.75 Å². The molecular weight excluding hydrogens is 474 g/mol. The number of aromatic nitrogens is 1. The second-order valence-electron chi connectivity index (χ2n) is 7.08. The van der Waals surface area contributed by atoms with Gasteiger partial charge < -0.3 is 4.74 Å². The number of alkyl halides is 3. The first kappa shape index (κ1) is 22.9. The van der Waals surface area contributed by atoms with E-state index in [0.29, 0.717) is 28.0 Å². The molecule has 4 nitrogen and oxygen atoms in total. The Morgan fingerprint density at radius 2 is 1.67 bits per heavy atom. The van der Waals surface area contributed by atoms with E-state index >= 15 is 0 Å². The van der Waals surface area contributed by atoms with Crippen LogP contribution in [0.25, 0.3) is 10.8 Å². The van der Waals surface area contributed by atoms with Crippen molar-refractivity contribution in [2.45, 2.75) is 12.8 Å². The highest BCUT2D eigenvalue weighted by Gasteiger charge is 2.30. The Kier molecular flexibility index (Phi) is 6.72. The van der Waals surface area contributed by atoms with Crippen molar-refractivity contribution < 1.29 is 17.9 Å². The lowest BCUT2D eigenvalue weighted by Gasteiger charge is -2.11. The third kappa shape index (κ3) is 5.74. The average molecular weight is 490 g/mol. The molecule has 4 rings (SSSR count). The van der Waals surface area contributed by atoms with Gasteiger partial charge in [-0.25, -0.2) is 4.98 Å². The predicted molar refractivity (Wildman–Crippen MR) is 125 cm³/mol. The molecule has 0 fully saturated rings. The minimum Gasteiger partial charge on any atom is -0.486 e. The maximum absolute atomic E-state index is 12.6. The van der Waals surface area contributed by atoms with Crippen LogP contribution in [0.2, 0.25) is 10.0 Å². The molecule has 0 bridgehead atoms. The number of pyridine rings is 1. The Bertz CT molecular complexity index is 1290. The first-order chi connectivity index (χ1) is 15.8. The fraction of sp³-hybridized carbons (Fsp3) is 0.0833. The zero-order valence-corrected chi connectivity index (χ0v) is 18.4. The first-order valence-electron chi connectivity index (χ1n) is 9.71. The average Bonchev–Trinajstić information content (AvgIpc) is 2.78. The van der Waals surface area contributed by atoms with Crippen LogP contribution in [0.4, 0.5) is 19.0 Å². The number of ether oxygens (including phenoxy) is 1. The number of hydrazone groups is 1. The van der Waals surface area contributed by atoms with E-state index < -0.39 is 11.7 Å². The van der Waals surface area contributed by atoms with Crippen molar-refractivity contribution in [2.75, 3.05) is 5.43 Å². The van der Waals surface area contributed by atoms with Crippen LogP contribution in [-0.4, -0.2) is 11.2 Å². The molecule has 0 radical (unpaired) electrons. The van der Waals surface area contributed by atoms with Gasteiger partial charge in [-0.2, -0.15) is 18.3 Å². The number of hydrogen-bond acceptors (Lipinski definition) is 4. The van der Waals surface area contributed by atoms with Crippen molar-refractivity contribution in [1.29, 1.82) is 0 Å². The highest BCUT2D eigenvalue weighted by atomic mass is 35.5. The molecule has 1 aromatic heterocycles. The van der Waals surface area contributed by atoms with Crippen LogP contribution in [-0.2, 0) is 12.8 Å². The summed E-state index contributed by atoms with van der Waals surface area (Å²) in [7, 11) is 0. The van der Waals surface area contributed by atoms with E-state index in [9.17, 15) is 13.2 Å². The van der Waals surface area contributed by atoms with Crippen molar-refractivity contribution in [2.24, 2.45) is 5.10 Å². The van der Waals surface area contributed by atoms with Crippen molar-refractivity contribution in [3.05, 3.63) is 99.7 Å². The lowest BCUT2D eigenvalue weighted by Crippen LogP contribution is -2.05. The van der Waals surface area contributed by atoms with Crippen molar-refractivity contribution in [1.82, 2.24) is 4.98 Å². The molecular formula is C24H16Cl2F3N3O.